The fourth-order valence-corrected chi connectivity index (χ4v) is 2.13. The number of nitro benzene ring substituents is 1. The molecule has 1 atom stereocenters. The molecule has 0 bridgehead atoms. The molecule has 0 aliphatic carbocycles. The Kier molecular flexibility index (Phi) is 5.90. The number of nitrogens with zero attached hydrogens (tertiary/aromatic N) is 1. The van der Waals surface area contributed by atoms with E-state index in [2.05, 4.69) is 5.32 Å². The zero-order valence-corrected chi connectivity index (χ0v) is 14.5. The molecule has 136 valence electrons. The Bertz CT molecular complexity index is 832. The van der Waals surface area contributed by atoms with Crippen molar-refractivity contribution in [2.24, 2.45) is 0 Å². The van der Waals surface area contributed by atoms with Crippen molar-refractivity contribution in [3.63, 3.8) is 0 Å². The number of anilines is 1. The zero-order chi connectivity index (χ0) is 19.3. The molecule has 8 heteroatoms. The molecule has 0 aromatic heterocycles. The van der Waals surface area contributed by atoms with Crippen LogP contribution in [0.25, 0.3) is 0 Å². The van der Waals surface area contributed by atoms with Gasteiger partial charge >= 0.3 is 5.97 Å². The highest BCUT2D eigenvalue weighted by molar-refractivity contribution is 5.97. The van der Waals surface area contributed by atoms with Crippen LogP contribution >= 0.6 is 0 Å². The van der Waals surface area contributed by atoms with Gasteiger partial charge in [0.25, 0.3) is 11.6 Å². The minimum atomic E-state index is -1.08. The summed E-state index contributed by atoms with van der Waals surface area (Å²) in [5, 5.41) is 13.6. The lowest BCUT2D eigenvalue weighted by molar-refractivity contribution is -0.385. The van der Waals surface area contributed by atoms with Crippen molar-refractivity contribution >= 4 is 23.3 Å². The van der Waals surface area contributed by atoms with E-state index >= 15 is 0 Å². The van der Waals surface area contributed by atoms with E-state index in [0.717, 1.165) is 6.07 Å². The average molecular weight is 358 g/mol. The van der Waals surface area contributed by atoms with Gasteiger partial charge in [0.15, 0.2) is 6.10 Å². The number of carbonyl (C=O) groups is 2. The molecule has 1 amide bonds. The largest absolute Gasteiger partial charge is 0.497 e. The highest BCUT2D eigenvalue weighted by atomic mass is 16.6. The predicted octanol–water partition coefficient (Wildman–Crippen LogP) is 3.10. The molecule has 0 unspecified atom stereocenters. The van der Waals surface area contributed by atoms with Crippen LogP contribution in [0.15, 0.2) is 42.5 Å². The van der Waals surface area contributed by atoms with Crippen LogP contribution in [0.3, 0.4) is 0 Å². The van der Waals surface area contributed by atoms with Crippen molar-refractivity contribution in [2.45, 2.75) is 20.0 Å². The average Bonchev–Trinajstić information content (AvgIpc) is 2.62. The van der Waals surface area contributed by atoms with E-state index in [1.165, 1.54) is 26.2 Å². The lowest BCUT2D eigenvalue weighted by Crippen LogP contribution is -2.30. The van der Waals surface area contributed by atoms with Crippen LogP contribution in [0.5, 0.6) is 5.75 Å². The van der Waals surface area contributed by atoms with Gasteiger partial charge in [0.1, 0.15) is 5.75 Å². The number of aryl methyl sites for hydroxylation is 1. The third-order valence-corrected chi connectivity index (χ3v) is 3.65. The molecule has 26 heavy (non-hydrogen) atoms. The van der Waals surface area contributed by atoms with Gasteiger partial charge in [-0.3, -0.25) is 14.9 Å². The Balaban J connectivity index is 2.02. The molecule has 0 fully saturated rings. The normalized spacial score (nSPS) is 11.3. The third kappa shape index (κ3) is 4.56. The molecule has 0 radical (unpaired) electrons. The Morgan fingerprint density at radius 1 is 1.15 bits per heavy atom. The molecule has 2 aromatic carbocycles. The van der Waals surface area contributed by atoms with E-state index in [1.54, 1.807) is 31.2 Å². The van der Waals surface area contributed by atoms with Crippen LogP contribution in [0.1, 0.15) is 22.8 Å². The number of rotatable bonds is 6. The summed E-state index contributed by atoms with van der Waals surface area (Å²) >= 11 is 0. The fourth-order valence-electron chi connectivity index (χ4n) is 2.13. The summed E-state index contributed by atoms with van der Waals surface area (Å²) in [5.41, 5.74) is 0.766. The van der Waals surface area contributed by atoms with Gasteiger partial charge in [-0.25, -0.2) is 4.79 Å². The highest BCUT2D eigenvalue weighted by Crippen LogP contribution is 2.20. The zero-order valence-electron chi connectivity index (χ0n) is 14.5. The Morgan fingerprint density at radius 2 is 1.81 bits per heavy atom. The van der Waals surface area contributed by atoms with Crippen LogP contribution in [0.4, 0.5) is 11.4 Å². The smallest absolute Gasteiger partial charge is 0.339 e. The highest BCUT2D eigenvalue weighted by Gasteiger charge is 2.21. The van der Waals surface area contributed by atoms with Gasteiger partial charge in [0.2, 0.25) is 0 Å². The number of hydrogen-bond acceptors (Lipinski definition) is 6. The molecule has 0 saturated heterocycles. The number of nitro groups is 1. The summed E-state index contributed by atoms with van der Waals surface area (Å²) < 4.78 is 10.1. The first-order valence-electron chi connectivity index (χ1n) is 7.72. The lowest BCUT2D eigenvalue weighted by atomic mass is 10.1. The second kappa shape index (κ2) is 8.11. The molecule has 2 rings (SSSR count). The number of carbonyl (C=O) groups excluding carboxylic acids is 2. The van der Waals surface area contributed by atoms with Crippen LogP contribution in [-0.4, -0.2) is 30.0 Å². The predicted molar refractivity (Wildman–Crippen MR) is 94.3 cm³/mol. The molecule has 2 aromatic rings. The number of nitrogens with one attached hydrogen (secondary N) is 1. The van der Waals surface area contributed by atoms with Crippen molar-refractivity contribution in [1.29, 1.82) is 0 Å². The molecule has 0 aliphatic heterocycles. The molecule has 0 saturated carbocycles. The summed E-state index contributed by atoms with van der Waals surface area (Å²) in [4.78, 5) is 34.7. The molecule has 0 spiro atoms. The maximum atomic E-state index is 12.1. The maximum absolute atomic E-state index is 12.1. The SMILES string of the molecule is COc1ccc(NC(=O)[C@@H](C)OC(=O)c2ccc(C)c([N+](=O)[O-])c2)cc1. The van der Waals surface area contributed by atoms with Crippen LogP contribution in [-0.2, 0) is 9.53 Å². The first-order chi connectivity index (χ1) is 12.3. The van der Waals surface area contributed by atoms with Crippen molar-refractivity contribution in [2.75, 3.05) is 12.4 Å². The molecular formula is C18H18N2O6. The summed E-state index contributed by atoms with van der Waals surface area (Å²) in [7, 11) is 1.53. The van der Waals surface area contributed by atoms with Gasteiger partial charge < -0.3 is 14.8 Å². The van der Waals surface area contributed by atoms with E-state index in [-0.39, 0.29) is 11.3 Å². The lowest BCUT2D eigenvalue weighted by Gasteiger charge is -2.14. The van der Waals surface area contributed by atoms with Gasteiger partial charge in [0, 0.05) is 17.3 Å². The molecule has 1 N–H and O–H groups in total. The fraction of sp³-hybridized carbons (Fsp3) is 0.222. The van der Waals surface area contributed by atoms with Gasteiger partial charge in [0.05, 0.1) is 17.6 Å². The standard InChI is InChI=1S/C18H18N2O6/c1-11-4-5-13(10-16(11)20(23)24)18(22)26-12(2)17(21)19-14-6-8-15(25-3)9-7-14/h4-10,12H,1-3H3,(H,19,21)/t12-/m1/s1. The molecule has 0 heterocycles. The van der Waals surface area contributed by atoms with Crippen LogP contribution in [0, 0.1) is 17.0 Å². The topological polar surface area (TPSA) is 108 Å². The number of amides is 1. The first kappa shape index (κ1) is 18.9. The number of esters is 1. The minimum absolute atomic E-state index is 0.00592. The molecular weight excluding hydrogens is 340 g/mol. The second-order valence-corrected chi connectivity index (χ2v) is 5.52. The summed E-state index contributed by atoms with van der Waals surface area (Å²) in [5.74, 6) is -0.695. The van der Waals surface area contributed by atoms with Crippen LogP contribution in [0.2, 0.25) is 0 Å². The van der Waals surface area contributed by atoms with Crippen molar-refractivity contribution < 1.29 is 24.0 Å². The van der Waals surface area contributed by atoms with Crippen molar-refractivity contribution in [3.05, 3.63) is 63.7 Å². The number of benzene rings is 2. The Labute approximate surface area is 149 Å². The summed E-state index contributed by atoms with van der Waals surface area (Å²) in [6.07, 6.45) is -1.08. The number of ether oxygens (including phenoxy) is 2. The van der Waals surface area contributed by atoms with E-state index < -0.39 is 22.9 Å². The minimum Gasteiger partial charge on any atom is -0.497 e. The number of hydrogen-bond donors (Lipinski definition) is 1. The second-order valence-electron chi connectivity index (χ2n) is 5.52. The maximum Gasteiger partial charge on any atom is 0.339 e. The van der Waals surface area contributed by atoms with Gasteiger partial charge in [-0.2, -0.15) is 0 Å². The molecule has 8 nitrogen and oxygen atoms in total. The Hall–Kier alpha value is -3.42. The van der Waals surface area contributed by atoms with E-state index in [9.17, 15) is 19.7 Å². The monoisotopic (exact) mass is 358 g/mol. The quantitative estimate of drug-likeness (QED) is 0.483. The van der Waals surface area contributed by atoms with E-state index in [4.69, 9.17) is 9.47 Å². The van der Waals surface area contributed by atoms with E-state index in [0.29, 0.717) is 17.0 Å². The van der Waals surface area contributed by atoms with Crippen molar-refractivity contribution in [1.82, 2.24) is 0 Å². The van der Waals surface area contributed by atoms with Gasteiger partial charge in [-0.1, -0.05) is 6.07 Å². The third-order valence-electron chi connectivity index (χ3n) is 3.65. The summed E-state index contributed by atoms with van der Waals surface area (Å²) in [6, 6.07) is 10.7. The van der Waals surface area contributed by atoms with Gasteiger partial charge in [-0.05, 0) is 44.2 Å². The van der Waals surface area contributed by atoms with Crippen molar-refractivity contribution in [3.8, 4) is 5.75 Å². The van der Waals surface area contributed by atoms with Gasteiger partial charge in [-0.15, -0.1) is 0 Å². The Morgan fingerprint density at radius 3 is 2.38 bits per heavy atom. The number of methoxy groups -OCH3 is 1. The summed E-state index contributed by atoms with van der Waals surface area (Å²) in [6.45, 7) is 2.98. The first-order valence-corrected chi connectivity index (χ1v) is 7.72. The van der Waals surface area contributed by atoms with E-state index in [1.807, 2.05) is 0 Å². The van der Waals surface area contributed by atoms with Crippen LogP contribution < -0.4 is 10.1 Å². The molecule has 0 aliphatic rings.